The van der Waals surface area contributed by atoms with Gasteiger partial charge < -0.3 is 0 Å². The molecular formula is C22H36O. The van der Waals surface area contributed by atoms with Gasteiger partial charge in [0.25, 0.3) is 0 Å². The van der Waals surface area contributed by atoms with Crippen molar-refractivity contribution in [2.75, 3.05) is 0 Å². The van der Waals surface area contributed by atoms with E-state index in [0.717, 1.165) is 29.6 Å². The van der Waals surface area contributed by atoms with Gasteiger partial charge in [0.05, 0.1) is 0 Å². The smallest absolute Gasteiger partial charge is 0.133 e. The molecule has 8 atom stereocenters. The molecule has 1 heteroatoms. The van der Waals surface area contributed by atoms with E-state index in [1.807, 2.05) is 6.92 Å². The zero-order chi connectivity index (χ0) is 16.4. The molecule has 130 valence electrons. The van der Waals surface area contributed by atoms with E-state index in [9.17, 15) is 4.79 Å². The first-order valence-corrected chi connectivity index (χ1v) is 10.4. The van der Waals surface area contributed by atoms with Crippen LogP contribution < -0.4 is 0 Å². The molecule has 23 heavy (non-hydrogen) atoms. The Balaban J connectivity index is 1.61. The van der Waals surface area contributed by atoms with Crippen LogP contribution in [-0.2, 0) is 4.79 Å². The molecule has 4 aliphatic carbocycles. The fourth-order valence-electron chi connectivity index (χ4n) is 8.14. The molecule has 4 saturated carbocycles. The van der Waals surface area contributed by atoms with E-state index in [2.05, 4.69) is 20.8 Å². The average molecular weight is 317 g/mol. The van der Waals surface area contributed by atoms with Gasteiger partial charge in [0.2, 0.25) is 0 Å². The Hall–Kier alpha value is -0.330. The van der Waals surface area contributed by atoms with Crippen LogP contribution in [0.15, 0.2) is 0 Å². The summed E-state index contributed by atoms with van der Waals surface area (Å²) in [6, 6.07) is 0. The molecular weight excluding hydrogens is 280 g/mol. The van der Waals surface area contributed by atoms with Gasteiger partial charge >= 0.3 is 0 Å². The largest absolute Gasteiger partial charge is 0.300 e. The van der Waals surface area contributed by atoms with Crippen LogP contribution in [0.4, 0.5) is 0 Å². The summed E-state index contributed by atoms with van der Waals surface area (Å²) in [6.07, 6.45) is 12.6. The van der Waals surface area contributed by atoms with E-state index < -0.39 is 0 Å². The predicted octanol–water partition coefficient (Wildman–Crippen LogP) is 5.87. The van der Waals surface area contributed by atoms with Gasteiger partial charge in [-0.1, -0.05) is 27.2 Å². The summed E-state index contributed by atoms with van der Waals surface area (Å²) >= 11 is 0. The Labute approximate surface area is 143 Å². The quantitative estimate of drug-likeness (QED) is 0.591. The van der Waals surface area contributed by atoms with Gasteiger partial charge in [0.1, 0.15) is 5.78 Å². The summed E-state index contributed by atoms with van der Waals surface area (Å²) in [7, 11) is 0. The predicted molar refractivity (Wildman–Crippen MR) is 95.1 cm³/mol. The lowest BCUT2D eigenvalue weighted by Crippen LogP contribution is -2.53. The van der Waals surface area contributed by atoms with Crippen LogP contribution in [-0.4, -0.2) is 5.78 Å². The zero-order valence-electron chi connectivity index (χ0n) is 15.7. The molecule has 0 aromatic heterocycles. The average Bonchev–Trinajstić information content (AvgIpc) is 2.85. The van der Waals surface area contributed by atoms with Crippen LogP contribution in [0.1, 0.15) is 85.5 Å². The van der Waals surface area contributed by atoms with Crippen molar-refractivity contribution in [2.45, 2.75) is 85.5 Å². The number of Topliss-reactive ketones (excluding diaryl/α,β-unsaturated/α-hetero) is 1. The second-order valence-electron chi connectivity index (χ2n) is 10.3. The molecule has 0 bridgehead atoms. The van der Waals surface area contributed by atoms with Crippen molar-refractivity contribution in [2.24, 2.45) is 46.3 Å². The SMILES string of the molecule is CC(=O)[C@H]1CC[C@H]2[C@@H]3CC[C@H]4C[C@H](C)CC[C@]4(C)[C@H]3CC[C@]12C. The summed E-state index contributed by atoms with van der Waals surface area (Å²) < 4.78 is 0. The third-order valence-electron chi connectivity index (χ3n) is 9.42. The summed E-state index contributed by atoms with van der Waals surface area (Å²) in [5.41, 5.74) is 0.948. The first kappa shape index (κ1) is 16.2. The van der Waals surface area contributed by atoms with Crippen molar-refractivity contribution < 1.29 is 4.79 Å². The molecule has 0 N–H and O–H groups in total. The lowest BCUT2D eigenvalue weighted by atomic mass is 9.44. The Morgan fingerprint density at radius 2 is 1.57 bits per heavy atom. The first-order chi connectivity index (χ1) is 10.9. The monoisotopic (exact) mass is 316 g/mol. The standard InChI is InChI=1S/C22H36O/c1-14-9-11-21(3)16(13-14)5-6-17-19-8-7-18(15(2)23)22(19,4)12-10-20(17)21/h14,16-20H,5-13H2,1-4H3/t14-,16+,17+,18-,19+,20+,21+,22-/m1/s1. The Morgan fingerprint density at radius 3 is 2.30 bits per heavy atom. The number of carbonyl (C=O) groups is 1. The Bertz CT molecular complexity index is 496. The number of hydrogen-bond acceptors (Lipinski definition) is 1. The van der Waals surface area contributed by atoms with Crippen molar-refractivity contribution >= 4 is 5.78 Å². The van der Waals surface area contributed by atoms with E-state index in [1.54, 1.807) is 0 Å². The lowest BCUT2D eigenvalue weighted by Gasteiger charge is -2.61. The van der Waals surface area contributed by atoms with Crippen LogP contribution in [0, 0.1) is 46.3 Å². The molecule has 4 fully saturated rings. The molecule has 0 spiro atoms. The summed E-state index contributed by atoms with van der Waals surface area (Å²) in [5, 5.41) is 0. The van der Waals surface area contributed by atoms with E-state index in [1.165, 1.54) is 57.8 Å². The molecule has 4 aliphatic rings. The summed E-state index contributed by atoms with van der Waals surface area (Å²) in [4.78, 5) is 12.2. The highest BCUT2D eigenvalue weighted by atomic mass is 16.1. The maximum Gasteiger partial charge on any atom is 0.133 e. The second kappa shape index (κ2) is 5.33. The van der Waals surface area contributed by atoms with Crippen molar-refractivity contribution in [3.8, 4) is 0 Å². The minimum Gasteiger partial charge on any atom is -0.300 e. The van der Waals surface area contributed by atoms with Gasteiger partial charge in [0.15, 0.2) is 0 Å². The van der Waals surface area contributed by atoms with Crippen LogP contribution in [0.2, 0.25) is 0 Å². The zero-order valence-corrected chi connectivity index (χ0v) is 15.7. The molecule has 1 nitrogen and oxygen atoms in total. The van der Waals surface area contributed by atoms with E-state index in [-0.39, 0.29) is 0 Å². The number of ketones is 1. The molecule has 0 aromatic rings. The third-order valence-corrected chi connectivity index (χ3v) is 9.42. The van der Waals surface area contributed by atoms with Crippen LogP contribution in [0.3, 0.4) is 0 Å². The first-order valence-electron chi connectivity index (χ1n) is 10.4. The summed E-state index contributed by atoms with van der Waals surface area (Å²) in [5.74, 6) is 5.50. The molecule has 0 radical (unpaired) electrons. The van der Waals surface area contributed by atoms with Gasteiger partial charge in [-0.3, -0.25) is 4.79 Å². The number of hydrogen-bond donors (Lipinski definition) is 0. The van der Waals surface area contributed by atoms with Crippen molar-refractivity contribution in [1.29, 1.82) is 0 Å². The molecule has 4 rings (SSSR count). The van der Waals surface area contributed by atoms with E-state index in [0.29, 0.717) is 22.5 Å². The maximum atomic E-state index is 12.2. The fourth-order valence-corrected chi connectivity index (χ4v) is 8.14. The Kier molecular flexibility index (Phi) is 3.75. The van der Waals surface area contributed by atoms with Crippen LogP contribution in [0.5, 0.6) is 0 Å². The molecule has 0 aliphatic heterocycles. The topological polar surface area (TPSA) is 17.1 Å². The fraction of sp³-hybridized carbons (Fsp3) is 0.955. The minimum absolute atomic E-state index is 0.332. The highest BCUT2D eigenvalue weighted by Crippen LogP contribution is 2.67. The van der Waals surface area contributed by atoms with Crippen molar-refractivity contribution in [3.05, 3.63) is 0 Å². The van der Waals surface area contributed by atoms with Gasteiger partial charge in [0, 0.05) is 5.92 Å². The number of rotatable bonds is 1. The molecule has 0 heterocycles. The van der Waals surface area contributed by atoms with Gasteiger partial charge in [-0.25, -0.2) is 0 Å². The Morgan fingerprint density at radius 1 is 0.870 bits per heavy atom. The van der Waals surface area contributed by atoms with E-state index in [4.69, 9.17) is 0 Å². The van der Waals surface area contributed by atoms with Gasteiger partial charge in [-0.15, -0.1) is 0 Å². The molecule has 0 aromatic carbocycles. The van der Waals surface area contributed by atoms with Crippen LogP contribution >= 0.6 is 0 Å². The molecule has 0 unspecified atom stereocenters. The molecule has 0 saturated heterocycles. The van der Waals surface area contributed by atoms with Crippen molar-refractivity contribution in [3.63, 3.8) is 0 Å². The number of carbonyl (C=O) groups excluding carboxylic acids is 1. The normalized spacial score (nSPS) is 55.7. The van der Waals surface area contributed by atoms with Gasteiger partial charge in [-0.2, -0.15) is 0 Å². The number of fused-ring (bicyclic) bond motifs is 5. The van der Waals surface area contributed by atoms with E-state index >= 15 is 0 Å². The van der Waals surface area contributed by atoms with Crippen molar-refractivity contribution in [1.82, 2.24) is 0 Å². The summed E-state index contributed by atoms with van der Waals surface area (Å²) in [6.45, 7) is 9.45. The maximum absolute atomic E-state index is 12.2. The molecule has 0 amide bonds. The van der Waals surface area contributed by atoms with Gasteiger partial charge in [-0.05, 0) is 98.7 Å². The highest BCUT2D eigenvalue weighted by Gasteiger charge is 2.60. The van der Waals surface area contributed by atoms with Crippen LogP contribution in [0.25, 0.3) is 0 Å². The lowest BCUT2D eigenvalue weighted by molar-refractivity contribution is -0.135. The highest BCUT2D eigenvalue weighted by molar-refractivity contribution is 5.79. The second-order valence-corrected chi connectivity index (χ2v) is 10.3. The minimum atomic E-state index is 0.332. The third kappa shape index (κ3) is 2.20.